The Hall–Kier alpha value is -2.98. The van der Waals surface area contributed by atoms with E-state index in [1.54, 1.807) is 0 Å². The molecule has 2 heterocycles. The van der Waals surface area contributed by atoms with Crippen LogP contribution in [0.4, 0.5) is 0 Å². The Morgan fingerprint density at radius 2 is 1.81 bits per heavy atom. The molecule has 1 unspecified atom stereocenters. The predicted molar refractivity (Wildman–Crippen MR) is 105 cm³/mol. The van der Waals surface area contributed by atoms with Gasteiger partial charge in [-0.1, -0.05) is 36.4 Å². The first kappa shape index (κ1) is 16.2. The second kappa shape index (κ2) is 6.63. The molecule has 0 fully saturated rings. The summed E-state index contributed by atoms with van der Waals surface area (Å²) >= 11 is 0. The van der Waals surface area contributed by atoms with Gasteiger partial charge in [0.25, 0.3) is 0 Å². The van der Waals surface area contributed by atoms with E-state index in [1.165, 1.54) is 21.4 Å². The average molecular weight is 360 g/mol. The lowest BCUT2D eigenvalue weighted by Gasteiger charge is -2.26. The van der Waals surface area contributed by atoms with Crippen LogP contribution >= 0.6 is 0 Å². The van der Waals surface area contributed by atoms with Gasteiger partial charge in [-0.3, -0.25) is 4.90 Å². The fraction of sp³-hybridized carbons (Fsp3) is 0.217. The first-order valence-electron chi connectivity index (χ1n) is 9.37. The highest BCUT2D eigenvalue weighted by Gasteiger charge is 2.25. The molecule has 0 spiro atoms. The molecular weight excluding hydrogens is 338 g/mol. The molecule has 1 aromatic heterocycles. The molecule has 4 nitrogen and oxygen atoms in total. The summed E-state index contributed by atoms with van der Waals surface area (Å²) in [5.41, 5.74) is 4.25. The van der Waals surface area contributed by atoms with Gasteiger partial charge in [0.1, 0.15) is 42.4 Å². The lowest BCUT2D eigenvalue weighted by Crippen LogP contribution is -3.12. The van der Waals surface area contributed by atoms with Gasteiger partial charge < -0.3 is 13.9 Å². The van der Waals surface area contributed by atoms with Gasteiger partial charge in [0, 0.05) is 10.8 Å². The van der Waals surface area contributed by atoms with E-state index in [9.17, 15) is 0 Å². The van der Waals surface area contributed by atoms with Crippen molar-refractivity contribution in [2.75, 3.05) is 19.9 Å². The lowest BCUT2D eigenvalue weighted by atomic mass is 10.0. The number of aryl methyl sites for hydroxylation is 1. The van der Waals surface area contributed by atoms with Gasteiger partial charge in [-0.15, -0.1) is 0 Å². The Morgan fingerprint density at radius 1 is 0.963 bits per heavy atom. The van der Waals surface area contributed by atoms with Crippen LogP contribution in [0, 0.1) is 6.92 Å². The molecular formula is C23H22NO3+. The summed E-state index contributed by atoms with van der Waals surface area (Å²) in [5.74, 6) is 1.93. The van der Waals surface area contributed by atoms with Gasteiger partial charge in [0.15, 0.2) is 0 Å². The smallest absolute Gasteiger partial charge is 0.222 e. The molecule has 27 heavy (non-hydrogen) atoms. The summed E-state index contributed by atoms with van der Waals surface area (Å²) in [6.45, 7) is 5.20. The zero-order chi connectivity index (χ0) is 18.2. The number of quaternary nitrogens is 1. The maximum Gasteiger partial charge on any atom is 0.222 e. The first-order chi connectivity index (χ1) is 13.3. The van der Waals surface area contributed by atoms with Crippen LogP contribution in [0.1, 0.15) is 11.1 Å². The average Bonchev–Trinajstić information content (AvgIpc) is 3.08. The largest absolute Gasteiger partial charge is 0.487 e. The van der Waals surface area contributed by atoms with Gasteiger partial charge in [-0.2, -0.15) is 0 Å². The molecule has 3 aromatic carbocycles. The van der Waals surface area contributed by atoms with Crippen LogP contribution in [0.15, 0.2) is 65.1 Å². The minimum Gasteiger partial charge on any atom is -0.487 e. The van der Waals surface area contributed by atoms with Crippen LogP contribution in [-0.4, -0.2) is 19.9 Å². The molecule has 1 atom stereocenters. The highest BCUT2D eigenvalue weighted by atomic mass is 16.5. The van der Waals surface area contributed by atoms with E-state index in [0.717, 1.165) is 41.1 Å². The van der Waals surface area contributed by atoms with Crippen molar-refractivity contribution in [1.29, 1.82) is 0 Å². The summed E-state index contributed by atoms with van der Waals surface area (Å²) in [7, 11) is 0. The molecule has 0 saturated heterocycles. The maximum atomic E-state index is 6.05. The zero-order valence-electron chi connectivity index (χ0n) is 15.3. The summed E-state index contributed by atoms with van der Waals surface area (Å²) in [4.78, 5) is 1.36. The van der Waals surface area contributed by atoms with Crippen LogP contribution < -0.4 is 14.4 Å². The van der Waals surface area contributed by atoms with E-state index in [-0.39, 0.29) is 0 Å². The van der Waals surface area contributed by atoms with Crippen molar-refractivity contribution in [2.45, 2.75) is 13.5 Å². The molecule has 0 aliphatic carbocycles. The predicted octanol–water partition coefficient (Wildman–Crippen LogP) is 3.71. The van der Waals surface area contributed by atoms with Crippen molar-refractivity contribution < 1.29 is 18.8 Å². The number of hydrogen-bond acceptors (Lipinski definition) is 3. The monoisotopic (exact) mass is 360 g/mol. The lowest BCUT2D eigenvalue weighted by molar-refractivity contribution is -0.932. The van der Waals surface area contributed by atoms with Crippen LogP contribution in [0.5, 0.6) is 11.5 Å². The zero-order valence-corrected chi connectivity index (χ0v) is 15.3. The molecule has 5 rings (SSSR count). The van der Waals surface area contributed by atoms with E-state index in [4.69, 9.17) is 13.9 Å². The number of benzene rings is 3. The van der Waals surface area contributed by atoms with E-state index < -0.39 is 0 Å². The Balaban J connectivity index is 1.38. The van der Waals surface area contributed by atoms with Crippen LogP contribution in [-0.2, 0) is 6.54 Å². The first-order valence-corrected chi connectivity index (χ1v) is 9.37. The number of hydrogen-bond donors (Lipinski definition) is 1. The van der Waals surface area contributed by atoms with Crippen LogP contribution in [0.2, 0.25) is 0 Å². The van der Waals surface area contributed by atoms with E-state index in [1.807, 2.05) is 42.5 Å². The van der Waals surface area contributed by atoms with E-state index in [0.29, 0.717) is 13.3 Å². The second-order valence-electron chi connectivity index (χ2n) is 7.09. The van der Waals surface area contributed by atoms with E-state index >= 15 is 0 Å². The van der Waals surface area contributed by atoms with Gasteiger partial charge >= 0.3 is 0 Å². The van der Waals surface area contributed by atoms with Crippen molar-refractivity contribution in [3.05, 3.63) is 71.8 Å². The number of ether oxygens (including phenoxy) is 2. The molecule has 1 aliphatic heterocycles. The van der Waals surface area contributed by atoms with Crippen molar-refractivity contribution in [1.82, 2.24) is 0 Å². The molecule has 1 aliphatic rings. The molecule has 4 heteroatoms. The Kier molecular flexibility index (Phi) is 3.98. The second-order valence-corrected chi connectivity index (χ2v) is 7.09. The molecule has 1 N–H and O–H groups in total. The van der Waals surface area contributed by atoms with Crippen molar-refractivity contribution >= 4 is 21.9 Å². The molecule has 0 amide bonds. The van der Waals surface area contributed by atoms with Crippen LogP contribution in [0.25, 0.3) is 21.9 Å². The van der Waals surface area contributed by atoms with Gasteiger partial charge in [0.05, 0.1) is 5.56 Å². The fourth-order valence-electron chi connectivity index (χ4n) is 3.84. The number of furan rings is 1. The van der Waals surface area contributed by atoms with E-state index in [2.05, 4.69) is 25.1 Å². The number of fused-ring (bicyclic) bond motifs is 5. The standard InChI is InChI=1S/C23H21NO3/c1-16-6-2-4-8-19(16)25-13-12-24-14-18-20(26-15-24)10-11-22-23(18)17-7-3-5-9-21(17)27-22/h2-11H,12-15H2,1H3/p+1. The normalized spacial score (nSPS) is 16.3. The molecule has 0 bridgehead atoms. The number of para-hydroxylation sites is 2. The van der Waals surface area contributed by atoms with Crippen molar-refractivity contribution in [3.63, 3.8) is 0 Å². The van der Waals surface area contributed by atoms with Crippen molar-refractivity contribution in [2.24, 2.45) is 0 Å². The fourth-order valence-corrected chi connectivity index (χ4v) is 3.84. The summed E-state index contributed by atoms with van der Waals surface area (Å²) in [6, 6.07) is 20.4. The number of nitrogens with one attached hydrogen (secondary N) is 1. The van der Waals surface area contributed by atoms with Gasteiger partial charge in [-0.25, -0.2) is 0 Å². The third-order valence-electron chi connectivity index (χ3n) is 5.27. The molecule has 0 saturated carbocycles. The Bertz CT molecular complexity index is 1120. The molecule has 0 radical (unpaired) electrons. The highest BCUT2D eigenvalue weighted by molar-refractivity contribution is 6.07. The minimum atomic E-state index is 0.658. The SMILES string of the molecule is Cc1ccccc1OCC[NH+]1COc2ccc3oc4ccccc4c3c2C1. The van der Waals surface area contributed by atoms with Gasteiger partial charge in [0.2, 0.25) is 6.73 Å². The molecule has 136 valence electrons. The van der Waals surface area contributed by atoms with Crippen LogP contribution in [0.3, 0.4) is 0 Å². The summed E-state index contributed by atoms with van der Waals surface area (Å²) in [6.07, 6.45) is 0. The highest BCUT2D eigenvalue weighted by Crippen LogP contribution is 2.36. The Morgan fingerprint density at radius 3 is 2.74 bits per heavy atom. The number of rotatable bonds is 4. The summed E-state index contributed by atoms with van der Waals surface area (Å²) in [5, 5.41) is 2.34. The third-order valence-corrected chi connectivity index (χ3v) is 5.27. The van der Waals surface area contributed by atoms with Crippen molar-refractivity contribution in [3.8, 4) is 11.5 Å². The maximum absolute atomic E-state index is 6.05. The Labute approximate surface area is 157 Å². The minimum absolute atomic E-state index is 0.658. The summed E-state index contributed by atoms with van der Waals surface area (Å²) < 4.78 is 18.0. The quantitative estimate of drug-likeness (QED) is 0.603. The third kappa shape index (κ3) is 2.92. The van der Waals surface area contributed by atoms with Gasteiger partial charge in [-0.05, 0) is 36.8 Å². The topological polar surface area (TPSA) is 36.0 Å². The molecule has 4 aromatic rings.